The topological polar surface area (TPSA) is 12.5 Å². The molecule has 0 aliphatic carbocycles. The number of hydrogen-bond acceptors (Lipinski definition) is 2. The van der Waals surface area contributed by atoms with Gasteiger partial charge in [0.15, 0.2) is 0 Å². The Morgan fingerprint density at radius 2 is 1.96 bits per heavy atom. The molecule has 0 radical (unpaired) electrons. The van der Waals surface area contributed by atoms with Crippen LogP contribution >= 0.6 is 11.6 Å². The normalized spacial score (nSPS) is 30.3. The number of likely N-dealkylation sites (tertiary alicyclic amines) is 1. The standard InChI is InChI=1S/C21H26ClNO/c1-21(17-7-4-3-5-8-17,18-10-12-19(22)13-11-18)24-16-14-20-9-6-15-23(20)2/h3-5,7-8,10-13,20H,6,9,14-16H2,1-2H3/t20-,21-/m1/s1/i1D3,3D,4D,5D,7D,8D,10D,11D,12D,13D,16D2. The fourth-order valence-electron chi connectivity index (χ4n) is 2.61. The first kappa shape index (κ1) is 7.11. The van der Waals surface area contributed by atoms with E-state index in [1.54, 1.807) is 7.05 Å². The maximum absolute atomic E-state index is 8.67. The summed E-state index contributed by atoms with van der Waals surface area (Å²) in [6.45, 7) is -5.78. The van der Waals surface area contributed by atoms with E-state index in [1.807, 2.05) is 4.90 Å². The Labute approximate surface area is 170 Å². The molecule has 1 saturated heterocycles. The first-order chi connectivity index (χ1) is 17.3. The molecule has 0 aromatic heterocycles. The smallest absolute Gasteiger partial charge is 0.115 e. The molecule has 2 atom stereocenters. The second-order valence-corrected chi connectivity index (χ2v) is 5.98. The van der Waals surface area contributed by atoms with Crippen molar-refractivity contribution in [1.29, 1.82) is 0 Å². The van der Waals surface area contributed by atoms with Crippen molar-refractivity contribution in [2.24, 2.45) is 0 Å². The molecule has 0 spiro atoms. The number of benzene rings is 2. The molecule has 3 heteroatoms. The Kier molecular flexibility index (Phi) is 2.28. The molecule has 2 aromatic rings. The Balaban J connectivity index is 2.53. The Bertz CT molecular complexity index is 1140. The molecule has 1 aliphatic rings. The quantitative estimate of drug-likeness (QED) is 0.712. The molecule has 3 rings (SSSR count). The molecular formula is C21H26ClNO. The number of hydrogen-bond donors (Lipinski definition) is 0. The van der Waals surface area contributed by atoms with Gasteiger partial charge in [0.1, 0.15) is 5.60 Å². The molecule has 24 heavy (non-hydrogen) atoms. The van der Waals surface area contributed by atoms with Crippen molar-refractivity contribution >= 4 is 11.6 Å². The van der Waals surface area contributed by atoms with Crippen molar-refractivity contribution in [3.63, 3.8) is 0 Å². The maximum Gasteiger partial charge on any atom is 0.115 e. The van der Waals surface area contributed by atoms with Crippen LogP contribution in [-0.2, 0) is 10.3 Å². The summed E-state index contributed by atoms with van der Waals surface area (Å²) in [7, 11) is 1.75. The van der Waals surface area contributed by atoms with Crippen LogP contribution in [0.4, 0.5) is 0 Å². The van der Waals surface area contributed by atoms with E-state index < -0.39 is 89.5 Å². The van der Waals surface area contributed by atoms with Gasteiger partial charge in [0.2, 0.25) is 0 Å². The second kappa shape index (κ2) is 7.69. The summed E-state index contributed by atoms with van der Waals surface area (Å²) < 4.78 is 123. The van der Waals surface area contributed by atoms with Crippen molar-refractivity contribution < 1.29 is 23.9 Å². The third-order valence-corrected chi connectivity index (χ3v) is 4.20. The number of nitrogens with zero attached hydrogens (tertiary/aromatic N) is 1. The average molecular weight is 358 g/mol. The molecule has 0 amide bonds. The van der Waals surface area contributed by atoms with Gasteiger partial charge in [-0.1, -0.05) is 53.9 Å². The lowest BCUT2D eigenvalue weighted by atomic mass is 9.88. The van der Waals surface area contributed by atoms with Gasteiger partial charge in [-0.15, -0.1) is 0 Å². The molecule has 2 nitrogen and oxygen atoms in total. The number of rotatable bonds is 6. The molecule has 128 valence electrons. The van der Waals surface area contributed by atoms with Crippen LogP contribution in [0.3, 0.4) is 0 Å². The summed E-state index contributed by atoms with van der Waals surface area (Å²) >= 11 is 5.93. The highest BCUT2D eigenvalue weighted by atomic mass is 35.5. The zero-order valence-electron chi connectivity index (χ0n) is 27.1. The van der Waals surface area contributed by atoms with Gasteiger partial charge in [-0.25, -0.2) is 0 Å². The molecule has 0 bridgehead atoms. The van der Waals surface area contributed by atoms with Gasteiger partial charge in [-0.05, 0) is 62.9 Å². The zero-order chi connectivity index (χ0) is 29.1. The monoisotopic (exact) mass is 357 g/mol. The van der Waals surface area contributed by atoms with Crippen LogP contribution in [0.25, 0.3) is 0 Å². The van der Waals surface area contributed by atoms with Crippen molar-refractivity contribution in [1.82, 2.24) is 4.90 Å². The Hall–Kier alpha value is -1.35. The van der Waals surface area contributed by atoms with Gasteiger partial charge >= 0.3 is 0 Å². The van der Waals surface area contributed by atoms with Crippen molar-refractivity contribution in [3.8, 4) is 0 Å². The zero-order valence-corrected chi connectivity index (χ0v) is 13.9. The fourth-order valence-corrected chi connectivity index (χ4v) is 2.70. The summed E-state index contributed by atoms with van der Waals surface area (Å²) in [5, 5.41) is -0.639. The van der Waals surface area contributed by atoms with Crippen LogP contribution in [0.15, 0.2) is 54.4 Å². The first-order valence-electron chi connectivity index (χ1n) is 14.5. The van der Waals surface area contributed by atoms with E-state index in [4.69, 9.17) is 35.5 Å². The Morgan fingerprint density at radius 3 is 2.58 bits per heavy atom. The molecule has 2 aromatic carbocycles. The van der Waals surface area contributed by atoms with Gasteiger partial charge in [0, 0.05) is 21.7 Å². The van der Waals surface area contributed by atoms with Crippen LogP contribution in [0.1, 0.15) is 56.4 Å². The van der Waals surface area contributed by atoms with Crippen LogP contribution in [0.2, 0.25) is 5.02 Å². The van der Waals surface area contributed by atoms with E-state index in [0.717, 1.165) is 6.42 Å². The van der Waals surface area contributed by atoms with Gasteiger partial charge in [0.25, 0.3) is 0 Å². The summed E-state index contributed by atoms with van der Waals surface area (Å²) in [6.07, 6.45) is 0.937. The van der Waals surface area contributed by atoms with Crippen LogP contribution in [0, 0.1) is 0 Å². The van der Waals surface area contributed by atoms with Crippen molar-refractivity contribution in [2.45, 2.75) is 37.8 Å². The minimum atomic E-state index is -3.60. The van der Waals surface area contributed by atoms with Crippen LogP contribution in [-0.4, -0.2) is 31.1 Å². The third kappa shape index (κ3) is 3.83. The van der Waals surface area contributed by atoms with E-state index in [1.165, 1.54) is 0 Å². The number of ether oxygens (including phenoxy) is 1. The highest BCUT2D eigenvalue weighted by molar-refractivity contribution is 6.30. The van der Waals surface area contributed by atoms with Crippen LogP contribution < -0.4 is 0 Å². The first-order valence-corrected chi connectivity index (χ1v) is 7.92. The van der Waals surface area contributed by atoms with E-state index in [0.29, 0.717) is 13.0 Å². The third-order valence-electron chi connectivity index (χ3n) is 4.01. The molecule has 0 unspecified atom stereocenters. The summed E-state index contributed by atoms with van der Waals surface area (Å²) in [5.74, 6) is 0. The van der Waals surface area contributed by atoms with E-state index in [-0.39, 0.29) is 12.5 Å². The molecule has 1 heterocycles. The lowest BCUT2D eigenvalue weighted by molar-refractivity contribution is -0.0117. The highest BCUT2D eigenvalue weighted by Gasteiger charge is 2.30. The maximum atomic E-state index is 8.67. The minimum absolute atomic E-state index is 0.379. The molecule has 1 aliphatic heterocycles. The highest BCUT2D eigenvalue weighted by Crippen LogP contribution is 2.34. The molecular weight excluding hydrogens is 318 g/mol. The largest absolute Gasteiger partial charge is 0.366 e. The lowest BCUT2D eigenvalue weighted by Crippen LogP contribution is -2.31. The summed E-state index contributed by atoms with van der Waals surface area (Å²) in [6, 6.07) is -8.95. The number of halogens is 1. The van der Waals surface area contributed by atoms with E-state index in [2.05, 4.69) is 0 Å². The minimum Gasteiger partial charge on any atom is -0.366 e. The fraction of sp³-hybridized carbons (Fsp3) is 0.429. The summed E-state index contributed by atoms with van der Waals surface area (Å²) in [4.78, 5) is 1.85. The summed E-state index contributed by atoms with van der Waals surface area (Å²) in [5.41, 5.74) is -5.40. The van der Waals surface area contributed by atoms with Crippen molar-refractivity contribution in [2.75, 3.05) is 20.2 Å². The van der Waals surface area contributed by atoms with Gasteiger partial charge in [-0.3, -0.25) is 0 Å². The van der Waals surface area contributed by atoms with E-state index >= 15 is 0 Å². The van der Waals surface area contributed by atoms with Crippen molar-refractivity contribution in [3.05, 3.63) is 70.5 Å². The Morgan fingerprint density at radius 1 is 1.25 bits per heavy atom. The van der Waals surface area contributed by atoms with Gasteiger partial charge in [-0.2, -0.15) is 0 Å². The van der Waals surface area contributed by atoms with E-state index in [9.17, 15) is 0 Å². The molecule has 0 N–H and O–H groups in total. The molecule has 1 fully saturated rings. The predicted molar refractivity (Wildman–Crippen MR) is 101 cm³/mol. The predicted octanol–water partition coefficient (Wildman–Crippen LogP) is 5.10. The second-order valence-electron chi connectivity index (χ2n) is 5.60. The molecule has 0 saturated carbocycles. The lowest BCUT2D eigenvalue weighted by Gasteiger charge is -2.32. The average Bonchev–Trinajstić information content (AvgIpc) is 3.21. The van der Waals surface area contributed by atoms with Gasteiger partial charge < -0.3 is 9.64 Å². The SMILES string of the molecule is [2H]c1c([2H])c([2H])c([C@@](OC([2H])([2H])C[C@H]2CCCN2C)(c2c([2H])c([2H])c(Cl)c([2H])c2[2H])C([2H])([2H])[2H])c([2H])c1[2H]. The van der Waals surface area contributed by atoms with Crippen LogP contribution in [0.5, 0.6) is 0 Å². The van der Waals surface area contributed by atoms with Gasteiger partial charge in [0.05, 0.1) is 15.1 Å².